The molecule has 0 radical (unpaired) electrons. The molecule has 3 nitrogen and oxygen atoms in total. The van der Waals surface area contributed by atoms with Crippen LogP contribution in [0.5, 0.6) is 0 Å². The zero-order valence-electron chi connectivity index (χ0n) is 9.09. The van der Waals surface area contributed by atoms with Gasteiger partial charge in [-0.3, -0.25) is 0 Å². The largest absolute Gasteiger partial charge is 0.446 e. The third-order valence-electron chi connectivity index (χ3n) is 2.25. The number of alkyl carbamates (subject to hydrolysis) is 1. The third-order valence-corrected chi connectivity index (χ3v) is 2.25. The zero-order valence-corrected chi connectivity index (χ0v) is 9.09. The summed E-state index contributed by atoms with van der Waals surface area (Å²) in [6.45, 7) is 6.13. The minimum absolute atomic E-state index is 0. The van der Waals surface area contributed by atoms with Crippen LogP contribution in [0.15, 0.2) is 0 Å². The first-order valence-corrected chi connectivity index (χ1v) is 5.12. The Bertz CT molecular complexity index is 153. The smallest absolute Gasteiger partial charge is 0.407 e. The van der Waals surface area contributed by atoms with E-state index in [1.807, 2.05) is 13.8 Å². The normalized spacial score (nSPS) is 25.8. The molecular weight excluding hydrogens is 166 g/mol. The van der Waals surface area contributed by atoms with Gasteiger partial charge in [0.1, 0.15) is 6.10 Å². The summed E-state index contributed by atoms with van der Waals surface area (Å²) in [5, 5.41) is 2.45. The minimum atomic E-state index is -0.302. The Hall–Kier alpha value is -0.730. The lowest BCUT2D eigenvalue weighted by Gasteiger charge is -2.15. The highest BCUT2D eigenvalue weighted by atomic mass is 16.6. The van der Waals surface area contributed by atoms with E-state index < -0.39 is 0 Å². The molecule has 0 aromatic heterocycles. The molecule has 1 N–H and O–H groups in total. The van der Waals surface area contributed by atoms with Gasteiger partial charge in [0, 0.05) is 8.47 Å². The summed E-state index contributed by atoms with van der Waals surface area (Å²) in [5.41, 5.74) is 0. The van der Waals surface area contributed by atoms with Crippen molar-refractivity contribution >= 4 is 6.09 Å². The fraction of sp³-hybridized carbons (Fsp3) is 0.900. The predicted octanol–water partition coefficient (Wildman–Crippen LogP) is 2.80. The van der Waals surface area contributed by atoms with E-state index in [0.717, 1.165) is 6.42 Å². The van der Waals surface area contributed by atoms with E-state index in [4.69, 9.17) is 4.74 Å². The van der Waals surface area contributed by atoms with Crippen LogP contribution in [-0.2, 0) is 4.74 Å². The molecule has 1 fully saturated rings. The van der Waals surface area contributed by atoms with Crippen molar-refractivity contribution in [3.8, 4) is 0 Å². The van der Waals surface area contributed by atoms with Crippen LogP contribution in [0.2, 0.25) is 0 Å². The highest BCUT2D eigenvalue weighted by molar-refractivity contribution is 5.66. The van der Waals surface area contributed by atoms with Crippen LogP contribution in [0.4, 0.5) is 4.79 Å². The average molecular weight is 189 g/mol. The van der Waals surface area contributed by atoms with Crippen molar-refractivity contribution < 1.29 is 11.0 Å². The number of carbonyl (C=O) groups excluding carboxylic acids is 1. The Morgan fingerprint density at radius 2 is 2.08 bits per heavy atom. The fourth-order valence-electron chi connectivity index (χ4n) is 1.48. The standard InChI is InChI=1S/C8H15NO2.C2H6.H2/c1-6-4-3-5-7(6)11-8(10)9-2;1-2;/h6-7H,3-5H2,1-2H3,(H,9,10);1-2H3;1H/t6-,7-;;/m1../s1. The van der Waals surface area contributed by atoms with E-state index in [-0.39, 0.29) is 13.6 Å². The Morgan fingerprint density at radius 1 is 1.46 bits per heavy atom. The lowest BCUT2D eigenvalue weighted by atomic mass is 10.1. The van der Waals surface area contributed by atoms with Crippen LogP contribution in [0, 0.1) is 5.92 Å². The molecule has 1 rings (SSSR count). The topological polar surface area (TPSA) is 38.3 Å². The summed E-state index contributed by atoms with van der Waals surface area (Å²) >= 11 is 0. The monoisotopic (exact) mass is 189 g/mol. The van der Waals surface area contributed by atoms with E-state index >= 15 is 0 Å². The highest BCUT2D eigenvalue weighted by Gasteiger charge is 2.26. The molecule has 2 atom stereocenters. The summed E-state index contributed by atoms with van der Waals surface area (Å²) in [5.74, 6) is 0.535. The molecule has 0 spiro atoms. The second kappa shape index (κ2) is 6.75. The zero-order chi connectivity index (χ0) is 10.3. The Kier molecular flexibility index (Phi) is 6.37. The minimum Gasteiger partial charge on any atom is -0.446 e. The molecule has 0 unspecified atom stereocenters. The van der Waals surface area contributed by atoms with Crippen molar-refractivity contribution in [1.82, 2.24) is 5.32 Å². The summed E-state index contributed by atoms with van der Waals surface area (Å²) in [4.78, 5) is 10.8. The quantitative estimate of drug-likeness (QED) is 0.688. The van der Waals surface area contributed by atoms with Gasteiger partial charge in [-0.05, 0) is 25.2 Å². The molecule has 0 heterocycles. The van der Waals surface area contributed by atoms with Crippen molar-refractivity contribution in [2.24, 2.45) is 5.92 Å². The summed E-state index contributed by atoms with van der Waals surface area (Å²) in [6.07, 6.45) is 3.23. The first kappa shape index (κ1) is 12.3. The van der Waals surface area contributed by atoms with E-state index in [0.29, 0.717) is 5.92 Å². The number of hydrogen-bond acceptors (Lipinski definition) is 2. The highest BCUT2D eigenvalue weighted by Crippen LogP contribution is 2.27. The maximum atomic E-state index is 10.8. The molecule has 1 aliphatic rings. The Labute approximate surface area is 82.3 Å². The molecule has 0 bridgehead atoms. The summed E-state index contributed by atoms with van der Waals surface area (Å²) < 4.78 is 5.12. The van der Waals surface area contributed by atoms with E-state index in [9.17, 15) is 4.79 Å². The number of carbonyl (C=O) groups is 1. The van der Waals surface area contributed by atoms with Crippen molar-refractivity contribution in [2.75, 3.05) is 7.05 Å². The van der Waals surface area contributed by atoms with Crippen LogP contribution >= 0.6 is 0 Å². The summed E-state index contributed by atoms with van der Waals surface area (Å²) in [7, 11) is 1.59. The Balaban J connectivity index is 0. The lowest BCUT2D eigenvalue weighted by Crippen LogP contribution is -2.27. The molecule has 80 valence electrons. The van der Waals surface area contributed by atoms with Crippen LogP contribution in [-0.4, -0.2) is 19.2 Å². The van der Waals surface area contributed by atoms with Gasteiger partial charge >= 0.3 is 6.09 Å². The summed E-state index contributed by atoms with van der Waals surface area (Å²) in [6, 6.07) is 0. The molecule has 1 amide bonds. The van der Waals surface area contributed by atoms with Gasteiger partial charge in [-0.1, -0.05) is 20.8 Å². The molecule has 3 heteroatoms. The van der Waals surface area contributed by atoms with Crippen molar-refractivity contribution in [2.45, 2.75) is 46.1 Å². The second-order valence-electron chi connectivity index (χ2n) is 3.10. The lowest BCUT2D eigenvalue weighted by molar-refractivity contribution is 0.0817. The molecule has 13 heavy (non-hydrogen) atoms. The van der Waals surface area contributed by atoms with Crippen LogP contribution < -0.4 is 5.32 Å². The molecule has 1 aliphatic carbocycles. The van der Waals surface area contributed by atoms with Gasteiger partial charge in [0.25, 0.3) is 0 Å². The molecule has 0 aliphatic heterocycles. The number of amides is 1. The van der Waals surface area contributed by atoms with Crippen LogP contribution in [0.25, 0.3) is 0 Å². The van der Waals surface area contributed by atoms with Gasteiger partial charge < -0.3 is 10.1 Å². The molecule has 0 aromatic carbocycles. The van der Waals surface area contributed by atoms with E-state index in [2.05, 4.69) is 12.2 Å². The molecular formula is C10H23NO2. The first-order valence-electron chi connectivity index (χ1n) is 5.12. The maximum Gasteiger partial charge on any atom is 0.407 e. The SMILES string of the molecule is CC.CNC(=O)O[C@@H]1CCC[C@H]1C.[HH]. The van der Waals surface area contributed by atoms with Gasteiger partial charge in [-0.15, -0.1) is 0 Å². The van der Waals surface area contributed by atoms with Gasteiger partial charge in [0.05, 0.1) is 0 Å². The molecule has 1 saturated carbocycles. The van der Waals surface area contributed by atoms with Crippen LogP contribution in [0.3, 0.4) is 0 Å². The van der Waals surface area contributed by atoms with Crippen molar-refractivity contribution in [3.05, 3.63) is 0 Å². The average Bonchev–Trinajstić information content (AvgIpc) is 2.55. The van der Waals surface area contributed by atoms with Crippen LogP contribution in [0.1, 0.15) is 41.5 Å². The number of ether oxygens (including phenoxy) is 1. The Morgan fingerprint density at radius 3 is 2.46 bits per heavy atom. The van der Waals surface area contributed by atoms with Gasteiger partial charge in [-0.2, -0.15) is 0 Å². The number of nitrogens with one attached hydrogen (secondary N) is 1. The fourth-order valence-corrected chi connectivity index (χ4v) is 1.48. The second-order valence-corrected chi connectivity index (χ2v) is 3.10. The van der Waals surface area contributed by atoms with E-state index in [1.165, 1.54) is 12.8 Å². The first-order chi connectivity index (χ1) is 6.24. The third kappa shape index (κ3) is 4.15. The van der Waals surface area contributed by atoms with Gasteiger partial charge in [0.15, 0.2) is 0 Å². The van der Waals surface area contributed by atoms with Crippen molar-refractivity contribution in [3.63, 3.8) is 0 Å². The predicted molar refractivity (Wildman–Crippen MR) is 55.8 cm³/mol. The van der Waals surface area contributed by atoms with Gasteiger partial charge in [-0.25, -0.2) is 4.79 Å². The maximum absolute atomic E-state index is 10.8. The molecule has 0 saturated heterocycles. The van der Waals surface area contributed by atoms with Gasteiger partial charge in [0.2, 0.25) is 0 Å². The molecule has 0 aromatic rings. The van der Waals surface area contributed by atoms with E-state index in [1.54, 1.807) is 7.05 Å². The number of hydrogen-bond donors (Lipinski definition) is 1. The number of rotatable bonds is 1. The van der Waals surface area contributed by atoms with Crippen molar-refractivity contribution in [1.29, 1.82) is 0 Å².